The zero-order valence-electron chi connectivity index (χ0n) is 19.6. The zero-order chi connectivity index (χ0) is 24.8. The number of thiocarbonyl (C=S) groups is 1. The summed E-state index contributed by atoms with van der Waals surface area (Å²) in [5, 5.41) is 2.76. The van der Waals surface area contributed by atoms with Crippen LogP contribution in [0.15, 0.2) is 42.0 Å². The minimum absolute atomic E-state index is 0.0130. The number of hydrogen-bond donors (Lipinski definition) is 1. The van der Waals surface area contributed by atoms with Gasteiger partial charge in [-0.2, -0.15) is 0 Å². The third kappa shape index (κ3) is 4.23. The van der Waals surface area contributed by atoms with Gasteiger partial charge in [0.05, 0.1) is 5.69 Å². The lowest BCUT2D eigenvalue weighted by Gasteiger charge is -2.47. The van der Waals surface area contributed by atoms with Crippen molar-refractivity contribution in [3.05, 3.63) is 63.9 Å². The predicted octanol–water partition coefficient (Wildman–Crippen LogP) is 5.81. The first-order chi connectivity index (χ1) is 16.0. The number of rotatable bonds is 4. The summed E-state index contributed by atoms with van der Waals surface area (Å²) in [7, 11) is 0. The Morgan fingerprint density at radius 3 is 2.62 bits per heavy atom. The van der Waals surface area contributed by atoms with Crippen molar-refractivity contribution < 1.29 is 14.0 Å². The summed E-state index contributed by atoms with van der Waals surface area (Å²) >= 11 is 11.8. The van der Waals surface area contributed by atoms with Crippen LogP contribution >= 0.6 is 23.8 Å². The fourth-order valence-corrected chi connectivity index (χ4v) is 5.43. The summed E-state index contributed by atoms with van der Waals surface area (Å²) in [5.41, 5.74) is 2.56. The van der Waals surface area contributed by atoms with E-state index in [1.54, 1.807) is 6.07 Å². The molecule has 5 nitrogen and oxygen atoms in total. The second-order valence-corrected chi connectivity index (χ2v) is 10.2. The van der Waals surface area contributed by atoms with Crippen molar-refractivity contribution in [2.45, 2.75) is 52.0 Å². The molecule has 34 heavy (non-hydrogen) atoms. The third-order valence-corrected chi connectivity index (χ3v) is 7.06. The Morgan fingerprint density at radius 2 is 1.94 bits per heavy atom. The van der Waals surface area contributed by atoms with Crippen LogP contribution in [0.4, 0.5) is 15.8 Å². The van der Waals surface area contributed by atoms with E-state index in [1.807, 2.05) is 12.1 Å². The number of carbonyl (C=O) groups is 2. The molecule has 0 aromatic heterocycles. The van der Waals surface area contributed by atoms with Gasteiger partial charge in [-0.15, -0.1) is 0 Å². The van der Waals surface area contributed by atoms with Gasteiger partial charge in [0.1, 0.15) is 11.4 Å². The van der Waals surface area contributed by atoms with Gasteiger partial charge in [0.2, 0.25) is 0 Å². The summed E-state index contributed by atoms with van der Waals surface area (Å²) in [6.07, 6.45) is 3.43. The monoisotopic (exact) mass is 499 g/mol. The summed E-state index contributed by atoms with van der Waals surface area (Å²) < 4.78 is 14.4. The molecule has 0 spiro atoms. The van der Waals surface area contributed by atoms with Crippen molar-refractivity contribution in [1.82, 2.24) is 5.32 Å². The molecule has 1 fully saturated rings. The van der Waals surface area contributed by atoms with Crippen LogP contribution in [0.1, 0.15) is 57.6 Å². The van der Waals surface area contributed by atoms with Crippen LogP contribution in [0.2, 0.25) is 5.02 Å². The van der Waals surface area contributed by atoms with Crippen LogP contribution in [0, 0.1) is 5.82 Å². The number of benzene rings is 2. The first-order valence-corrected chi connectivity index (χ1v) is 12.1. The number of nitrogens with zero attached hydrogens (tertiary/aromatic N) is 2. The number of amides is 2. The Labute approximate surface area is 209 Å². The van der Waals surface area contributed by atoms with Gasteiger partial charge in [0, 0.05) is 22.8 Å². The fraction of sp³-hybridized carbons (Fsp3) is 0.346. The van der Waals surface area contributed by atoms with E-state index in [0.29, 0.717) is 10.6 Å². The largest absolute Gasteiger partial charge is 0.366 e. The topological polar surface area (TPSA) is 52.7 Å². The summed E-state index contributed by atoms with van der Waals surface area (Å²) in [4.78, 5) is 29.4. The molecule has 2 aliphatic heterocycles. The Morgan fingerprint density at radius 1 is 1.24 bits per heavy atom. The predicted molar refractivity (Wildman–Crippen MR) is 139 cm³/mol. The zero-order valence-corrected chi connectivity index (χ0v) is 21.2. The van der Waals surface area contributed by atoms with Crippen molar-refractivity contribution >= 4 is 58.2 Å². The van der Waals surface area contributed by atoms with Crippen LogP contribution in [-0.2, 0) is 9.59 Å². The number of carbonyl (C=O) groups excluding carboxylic acids is 2. The Bertz CT molecular complexity index is 1230. The first kappa shape index (κ1) is 24.4. The number of anilines is 2. The van der Waals surface area contributed by atoms with Crippen LogP contribution in [0.3, 0.4) is 0 Å². The Hall–Kier alpha value is -2.77. The molecule has 1 saturated heterocycles. The van der Waals surface area contributed by atoms with Crippen LogP contribution in [-0.4, -0.2) is 29.0 Å². The molecular weight excluding hydrogens is 473 g/mol. The number of hydrogen-bond acceptors (Lipinski definition) is 4. The van der Waals surface area contributed by atoms with Crippen molar-refractivity contribution in [3.8, 4) is 0 Å². The standard InChI is InChI=1S/C26H27ClFN3O2S/c1-5-10-30-22-13-19(27)16(11-17(22)15(2)14-26(30,3)4)12-18-23(32)29-25(34)31(24(18)33)21-9-7-6-8-20(21)28/h6-9,11-13,15H,5,10,14H2,1-4H3,(H,29,32,34)/b18-12-. The van der Waals surface area contributed by atoms with Crippen molar-refractivity contribution in [2.24, 2.45) is 0 Å². The van der Waals surface area contributed by atoms with Crippen LogP contribution in [0.25, 0.3) is 6.08 Å². The van der Waals surface area contributed by atoms with E-state index in [-0.39, 0.29) is 27.8 Å². The molecular formula is C26H27ClFN3O2S. The average Bonchev–Trinajstić information content (AvgIpc) is 2.75. The quantitative estimate of drug-likeness (QED) is 0.327. The average molecular weight is 500 g/mol. The highest BCUT2D eigenvalue weighted by molar-refractivity contribution is 7.80. The number of fused-ring (bicyclic) bond motifs is 1. The summed E-state index contributed by atoms with van der Waals surface area (Å²) in [6.45, 7) is 9.69. The molecule has 2 aliphatic rings. The molecule has 1 unspecified atom stereocenters. The van der Waals surface area contributed by atoms with Crippen LogP contribution in [0.5, 0.6) is 0 Å². The molecule has 0 radical (unpaired) electrons. The lowest BCUT2D eigenvalue weighted by atomic mass is 9.79. The number of para-hydroxylation sites is 1. The van der Waals surface area contributed by atoms with Gasteiger partial charge in [-0.25, -0.2) is 9.29 Å². The summed E-state index contributed by atoms with van der Waals surface area (Å²) in [6, 6.07) is 9.65. The maximum atomic E-state index is 14.4. The van der Waals surface area contributed by atoms with Gasteiger partial charge >= 0.3 is 0 Å². The molecule has 4 rings (SSSR count). The smallest absolute Gasteiger partial charge is 0.270 e. The maximum absolute atomic E-state index is 14.4. The van der Waals surface area contributed by atoms with Crippen LogP contribution < -0.4 is 15.1 Å². The lowest BCUT2D eigenvalue weighted by molar-refractivity contribution is -0.122. The van der Waals surface area contributed by atoms with E-state index < -0.39 is 17.6 Å². The third-order valence-electron chi connectivity index (χ3n) is 6.45. The Kier molecular flexibility index (Phi) is 6.53. The Balaban J connectivity index is 1.79. The van der Waals surface area contributed by atoms with Crippen molar-refractivity contribution in [1.29, 1.82) is 0 Å². The minimum Gasteiger partial charge on any atom is -0.366 e. The molecule has 0 saturated carbocycles. The van der Waals surface area contributed by atoms with Gasteiger partial charge < -0.3 is 4.90 Å². The van der Waals surface area contributed by atoms with E-state index in [4.69, 9.17) is 23.8 Å². The van der Waals surface area contributed by atoms with Gasteiger partial charge in [0.15, 0.2) is 5.11 Å². The van der Waals surface area contributed by atoms with Gasteiger partial charge in [-0.05, 0) is 86.3 Å². The fourth-order valence-electron chi connectivity index (χ4n) is 4.94. The van der Waals surface area contributed by atoms with E-state index in [9.17, 15) is 14.0 Å². The normalized spacial score (nSPS) is 21.1. The van der Waals surface area contributed by atoms with E-state index in [1.165, 1.54) is 24.3 Å². The number of nitrogens with one attached hydrogen (secondary N) is 1. The molecule has 1 N–H and O–H groups in total. The minimum atomic E-state index is -0.700. The highest BCUT2D eigenvalue weighted by Gasteiger charge is 2.38. The second-order valence-electron chi connectivity index (χ2n) is 9.41. The van der Waals surface area contributed by atoms with Gasteiger partial charge in [-0.3, -0.25) is 14.9 Å². The molecule has 2 aromatic carbocycles. The molecule has 8 heteroatoms. The molecule has 1 atom stereocenters. The van der Waals surface area contributed by atoms with Gasteiger partial charge in [0.25, 0.3) is 11.8 Å². The summed E-state index contributed by atoms with van der Waals surface area (Å²) in [5.74, 6) is -1.69. The highest BCUT2D eigenvalue weighted by atomic mass is 35.5. The lowest BCUT2D eigenvalue weighted by Crippen LogP contribution is -2.54. The number of halogens is 2. The molecule has 2 heterocycles. The van der Waals surface area contributed by atoms with Gasteiger partial charge in [-0.1, -0.05) is 37.6 Å². The van der Waals surface area contributed by atoms with Crippen molar-refractivity contribution in [2.75, 3.05) is 16.3 Å². The molecule has 0 bridgehead atoms. The SMILES string of the molecule is CCCN1c2cc(Cl)c(/C=C3/C(=O)NC(=S)N(c4ccccc4F)C3=O)cc2C(C)CC1(C)C. The second kappa shape index (κ2) is 9.12. The molecule has 0 aliphatic carbocycles. The highest BCUT2D eigenvalue weighted by Crippen LogP contribution is 2.45. The molecule has 178 valence electrons. The van der Waals surface area contributed by atoms with E-state index >= 15 is 0 Å². The molecule has 2 aromatic rings. The van der Waals surface area contributed by atoms with E-state index in [2.05, 4.69) is 37.9 Å². The molecule has 2 amide bonds. The first-order valence-electron chi connectivity index (χ1n) is 11.3. The van der Waals surface area contributed by atoms with E-state index in [0.717, 1.165) is 35.5 Å². The maximum Gasteiger partial charge on any atom is 0.270 e. The van der Waals surface area contributed by atoms with Crippen molar-refractivity contribution in [3.63, 3.8) is 0 Å².